The van der Waals surface area contributed by atoms with Crippen molar-refractivity contribution in [1.82, 2.24) is 14.9 Å². The number of hydrogen-bond acceptors (Lipinski definition) is 4. The molecule has 1 aliphatic heterocycles. The van der Waals surface area contributed by atoms with Gasteiger partial charge in [-0.05, 0) is 29.7 Å². The summed E-state index contributed by atoms with van der Waals surface area (Å²) in [6, 6.07) is 8.00. The molecule has 0 spiro atoms. The quantitative estimate of drug-likeness (QED) is 0.940. The molecule has 0 atom stereocenters. The zero-order valence-electron chi connectivity index (χ0n) is 13.3. The molecule has 2 aromatic rings. The van der Waals surface area contributed by atoms with Gasteiger partial charge in [-0.3, -0.25) is 0 Å². The highest BCUT2D eigenvalue weighted by atomic mass is 16.4. The Hall–Kier alpha value is -2.63. The lowest BCUT2D eigenvalue weighted by molar-refractivity contribution is 0.105. The predicted octanol–water partition coefficient (Wildman–Crippen LogP) is 2.88. The summed E-state index contributed by atoms with van der Waals surface area (Å²) in [5.41, 5.74) is 2.26. The SMILES string of the molecule is CCc1cccnc1N(C)c1ccc(C2CN(C(=O)O)C2)cn1. The van der Waals surface area contributed by atoms with Crippen LogP contribution in [0.25, 0.3) is 0 Å². The molecular formula is C17H20N4O2. The fourth-order valence-electron chi connectivity index (χ4n) is 2.80. The Morgan fingerprint density at radius 2 is 2.13 bits per heavy atom. The van der Waals surface area contributed by atoms with Crippen molar-refractivity contribution >= 4 is 17.7 Å². The minimum Gasteiger partial charge on any atom is -0.465 e. The molecular weight excluding hydrogens is 292 g/mol. The fraction of sp³-hybridized carbons (Fsp3) is 0.353. The molecule has 0 radical (unpaired) electrons. The number of aromatic nitrogens is 2. The van der Waals surface area contributed by atoms with Crippen LogP contribution in [0.1, 0.15) is 24.0 Å². The number of likely N-dealkylation sites (tertiary alicyclic amines) is 1. The zero-order valence-corrected chi connectivity index (χ0v) is 13.3. The Kier molecular flexibility index (Phi) is 4.14. The molecule has 1 fully saturated rings. The highest BCUT2D eigenvalue weighted by Gasteiger charge is 2.31. The Balaban J connectivity index is 1.73. The van der Waals surface area contributed by atoms with Gasteiger partial charge in [-0.2, -0.15) is 0 Å². The van der Waals surface area contributed by atoms with Gasteiger partial charge < -0.3 is 14.9 Å². The van der Waals surface area contributed by atoms with Gasteiger partial charge in [0.25, 0.3) is 0 Å². The van der Waals surface area contributed by atoms with E-state index in [1.54, 1.807) is 6.20 Å². The molecule has 1 saturated heterocycles. The Labute approximate surface area is 135 Å². The number of nitrogens with zero attached hydrogens (tertiary/aromatic N) is 4. The van der Waals surface area contributed by atoms with Gasteiger partial charge in [-0.1, -0.05) is 19.1 Å². The first-order valence-corrected chi connectivity index (χ1v) is 7.71. The number of rotatable bonds is 4. The monoisotopic (exact) mass is 312 g/mol. The summed E-state index contributed by atoms with van der Waals surface area (Å²) in [6.07, 6.45) is 3.68. The summed E-state index contributed by atoms with van der Waals surface area (Å²) in [7, 11) is 1.96. The van der Waals surface area contributed by atoms with Gasteiger partial charge in [0.1, 0.15) is 11.6 Å². The van der Waals surface area contributed by atoms with Crippen molar-refractivity contribution in [1.29, 1.82) is 0 Å². The summed E-state index contributed by atoms with van der Waals surface area (Å²) in [5, 5.41) is 8.89. The fourth-order valence-corrected chi connectivity index (χ4v) is 2.80. The van der Waals surface area contributed by atoms with E-state index in [9.17, 15) is 4.79 Å². The van der Waals surface area contributed by atoms with Crippen LogP contribution in [0.4, 0.5) is 16.4 Å². The van der Waals surface area contributed by atoms with E-state index in [4.69, 9.17) is 5.11 Å². The van der Waals surface area contributed by atoms with Crippen molar-refractivity contribution in [2.24, 2.45) is 0 Å². The highest BCUT2D eigenvalue weighted by molar-refractivity contribution is 5.66. The number of aryl methyl sites for hydroxylation is 1. The van der Waals surface area contributed by atoms with E-state index in [0.717, 1.165) is 23.6 Å². The normalized spacial score (nSPS) is 14.4. The van der Waals surface area contributed by atoms with E-state index in [1.165, 1.54) is 10.5 Å². The van der Waals surface area contributed by atoms with Crippen LogP contribution in [0, 0.1) is 0 Å². The molecule has 23 heavy (non-hydrogen) atoms. The summed E-state index contributed by atoms with van der Waals surface area (Å²) in [4.78, 5) is 23.2. The third kappa shape index (κ3) is 2.97. The molecule has 1 N–H and O–H groups in total. The van der Waals surface area contributed by atoms with Crippen molar-refractivity contribution in [3.63, 3.8) is 0 Å². The van der Waals surface area contributed by atoms with Crippen molar-refractivity contribution < 1.29 is 9.90 Å². The van der Waals surface area contributed by atoms with Crippen LogP contribution in [-0.2, 0) is 6.42 Å². The van der Waals surface area contributed by atoms with Gasteiger partial charge >= 0.3 is 6.09 Å². The summed E-state index contributed by atoms with van der Waals surface area (Å²) >= 11 is 0. The minimum atomic E-state index is -0.854. The molecule has 120 valence electrons. The molecule has 6 nitrogen and oxygen atoms in total. The van der Waals surface area contributed by atoms with Crippen LogP contribution in [0.5, 0.6) is 0 Å². The Morgan fingerprint density at radius 3 is 2.74 bits per heavy atom. The molecule has 0 aliphatic carbocycles. The third-order valence-electron chi connectivity index (χ3n) is 4.30. The topological polar surface area (TPSA) is 69.6 Å². The molecule has 6 heteroatoms. The second-order valence-electron chi connectivity index (χ2n) is 5.73. The summed E-state index contributed by atoms with van der Waals surface area (Å²) in [5.74, 6) is 1.99. The zero-order chi connectivity index (χ0) is 16.4. The molecule has 0 saturated carbocycles. The van der Waals surface area contributed by atoms with Crippen LogP contribution in [0.3, 0.4) is 0 Å². The van der Waals surface area contributed by atoms with Gasteiger partial charge in [0.05, 0.1) is 0 Å². The van der Waals surface area contributed by atoms with Crippen molar-refractivity contribution in [2.75, 3.05) is 25.0 Å². The molecule has 0 aromatic carbocycles. The van der Waals surface area contributed by atoms with E-state index in [1.807, 2.05) is 36.3 Å². The smallest absolute Gasteiger partial charge is 0.407 e. The van der Waals surface area contributed by atoms with E-state index >= 15 is 0 Å². The lowest BCUT2D eigenvalue weighted by Gasteiger charge is -2.37. The lowest BCUT2D eigenvalue weighted by Crippen LogP contribution is -2.47. The van der Waals surface area contributed by atoms with Crippen molar-refractivity contribution in [3.05, 3.63) is 47.8 Å². The molecule has 1 aliphatic rings. The lowest BCUT2D eigenvalue weighted by atomic mass is 9.93. The van der Waals surface area contributed by atoms with Gasteiger partial charge in [0.2, 0.25) is 0 Å². The van der Waals surface area contributed by atoms with Gasteiger partial charge in [0, 0.05) is 38.4 Å². The first kappa shape index (κ1) is 15.3. The molecule has 3 rings (SSSR count). The van der Waals surface area contributed by atoms with Crippen LogP contribution < -0.4 is 4.90 Å². The van der Waals surface area contributed by atoms with Gasteiger partial charge in [-0.15, -0.1) is 0 Å². The third-order valence-corrected chi connectivity index (χ3v) is 4.30. The summed E-state index contributed by atoms with van der Waals surface area (Å²) < 4.78 is 0. The number of anilines is 2. The molecule has 1 amide bonds. The van der Waals surface area contributed by atoms with E-state index in [2.05, 4.69) is 23.0 Å². The van der Waals surface area contributed by atoms with Crippen molar-refractivity contribution in [2.45, 2.75) is 19.3 Å². The molecule has 2 aromatic heterocycles. The average Bonchev–Trinajstić information content (AvgIpc) is 2.53. The standard InChI is InChI=1S/C17H20N4O2/c1-3-12-5-4-8-18-16(12)20(2)15-7-6-13(9-19-15)14-10-21(11-14)17(22)23/h4-9,14H,3,10-11H2,1-2H3,(H,22,23). The number of carbonyl (C=O) groups is 1. The van der Waals surface area contributed by atoms with Crippen LogP contribution in [-0.4, -0.2) is 46.2 Å². The first-order valence-electron chi connectivity index (χ1n) is 7.71. The van der Waals surface area contributed by atoms with Gasteiger partial charge in [0.15, 0.2) is 0 Å². The maximum atomic E-state index is 10.8. The Bertz CT molecular complexity index is 696. The second-order valence-corrected chi connectivity index (χ2v) is 5.73. The highest BCUT2D eigenvalue weighted by Crippen LogP contribution is 2.29. The van der Waals surface area contributed by atoms with Crippen LogP contribution in [0.15, 0.2) is 36.7 Å². The van der Waals surface area contributed by atoms with E-state index in [0.29, 0.717) is 13.1 Å². The van der Waals surface area contributed by atoms with Crippen LogP contribution >= 0.6 is 0 Å². The van der Waals surface area contributed by atoms with E-state index < -0.39 is 6.09 Å². The molecule has 0 bridgehead atoms. The number of carboxylic acid groups (broad SMARTS) is 1. The molecule has 3 heterocycles. The van der Waals surface area contributed by atoms with Crippen molar-refractivity contribution in [3.8, 4) is 0 Å². The summed E-state index contributed by atoms with van der Waals surface area (Å²) in [6.45, 7) is 3.20. The molecule has 0 unspecified atom stereocenters. The average molecular weight is 312 g/mol. The van der Waals surface area contributed by atoms with Gasteiger partial charge in [-0.25, -0.2) is 14.8 Å². The number of hydrogen-bond donors (Lipinski definition) is 1. The second kappa shape index (κ2) is 6.24. The maximum absolute atomic E-state index is 10.8. The largest absolute Gasteiger partial charge is 0.465 e. The minimum absolute atomic E-state index is 0.249. The first-order chi connectivity index (χ1) is 11.1. The number of pyridine rings is 2. The van der Waals surface area contributed by atoms with E-state index in [-0.39, 0.29) is 5.92 Å². The predicted molar refractivity (Wildman–Crippen MR) is 88.3 cm³/mol. The Morgan fingerprint density at radius 1 is 1.35 bits per heavy atom. The maximum Gasteiger partial charge on any atom is 0.407 e. The van der Waals surface area contributed by atoms with Crippen LogP contribution in [0.2, 0.25) is 0 Å². The number of amides is 1.